The van der Waals surface area contributed by atoms with Crippen LogP contribution in [-0.4, -0.2) is 26.3 Å². The average molecular weight is 250 g/mol. The standard InChI is InChI=1S/C15H26N2O/c1-5-13(6-2)17(10-11-18-4)15-9-7-8-14(16)12(15)3/h7-9,13H,5-6,10-11,16H2,1-4H3. The number of nitrogens with zero attached hydrogens (tertiary/aromatic N) is 1. The third-order valence-corrected chi connectivity index (χ3v) is 3.58. The lowest BCUT2D eigenvalue weighted by atomic mass is 10.1. The van der Waals surface area contributed by atoms with Crippen LogP contribution in [0.15, 0.2) is 18.2 Å². The maximum Gasteiger partial charge on any atom is 0.0637 e. The molecule has 0 aliphatic heterocycles. The number of nitrogens with two attached hydrogens (primary N) is 1. The average Bonchev–Trinajstić information content (AvgIpc) is 2.38. The van der Waals surface area contributed by atoms with Gasteiger partial charge in [0.15, 0.2) is 0 Å². The Labute approximate surface area is 111 Å². The van der Waals surface area contributed by atoms with Gasteiger partial charge in [-0.25, -0.2) is 0 Å². The van der Waals surface area contributed by atoms with Gasteiger partial charge >= 0.3 is 0 Å². The van der Waals surface area contributed by atoms with Gasteiger partial charge in [0.2, 0.25) is 0 Å². The van der Waals surface area contributed by atoms with Crippen molar-refractivity contribution in [3.63, 3.8) is 0 Å². The molecule has 0 unspecified atom stereocenters. The maximum atomic E-state index is 6.01. The minimum atomic E-state index is 0.542. The molecule has 0 bridgehead atoms. The second-order valence-electron chi connectivity index (χ2n) is 4.65. The van der Waals surface area contributed by atoms with Gasteiger partial charge < -0.3 is 15.4 Å². The number of rotatable bonds is 7. The van der Waals surface area contributed by atoms with Crippen LogP contribution in [0.25, 0.3) is 0 Å². The Balaban J connectivity index is 3.04. The first-order valence-corrected chi connectivity index (χ1v) is 6.76. The highest BCUT2D eigenvalue weighted by Crippen LogP contribution is 2.27. The summed E-state index contributed by atoms with van der Waals surface area (Å²) in [5.74, 6) is 0. The number of ether oxygens (including phenoxy) is 1. The fourth-order valence-corrected chi connectivity index (χ4v) is 2.37. The molecule has 0 heterocycles. The fraction of sp³-hybridized carbons (Fsp3) is 0.600. The van der Waals surface area contributed by atoms with E-state index < -0.39 is 0 Å². The summed E-state index contributed by atoms with van der Waals surface area (Å²) in [5, 5.41) is 0. The van der Waals surface area contributed by atoms with Gasteiger partial charge in [-0.2, -0.15) is 0 Å². The molecule has 2 N–H and O–H groups in total. The fourth-order valence-electron chi connectivity index (χ4n) is 2.37. The molecular formula is C15H26N2O. The van der Waals surface area contributed by atoms with Crippen LogP contribution >= 0.6 is 0 Å². The molecule has 0 aromatic heterocycles. The zero-order valence-electron chi connectivity index (χ0n) is 12.1. The van der Waals surface area contributed by atoms with E-state index in [1.807, 2.05) is 12.1 Å². The first-order valence-electron chi connectivity index (χ1n) is 6.76. The SMILES string of the molecule is CCC(CC)N(CCOC)c1cccc(N)c1C. The van der Waals surface area contributed by atoms with Crippen molar-refractivity contribution in [3.8, 4) is 0 Å². The van der Waals surface area contributed by atoms with Crippen molar-refractivity contribution in [2.45, 2.75) is 39.7 Å². The summed E-state index contributed by atoms with van der Waals surface area (Å²) >= 11 is 0. The molecule has 0 fully saturated rings. The third-order valence-electron chi connectivity index (χ3n) is 3.58. The predicted molar refractivity (Wildman–Crippen MR) is 79.2 cm³/mol. The molecule has 0 saturated carbocycles. The van der Waals surface area contributed by atoms with Crippen LogP contribution in [0.4, 0.5) is 11.4 Å². The van der Waals surface area contributed by atoms with Gasteiger partial charge in [0.25, 0.3) is 0 Å². The van der Waals surface area contributed by atoms with E-state index in [1.54, 1.807) is 7.11 Å². The van der Waals surface area contributed by atoms with Crippen LogP contribution in [-0.2, 0) is 4.74 Å². The van der Waals surface area contributed by atoms with Gasteiger partial charge in [0, 0.05) is 31.1 Å². The minimum absolute atomic E-state index is 0.542. The van der Waals surface area contributed by atoms with Crippen LogP contribution in [0.5, 0.6) is 0 Å². The molecule has 0 radical (unpaired) electrons. The Morgan fingerprint density at radius 2 is 1.94 bits per heavy atom. The molecule has 0 saturated heterocycles. The molecule has 3 nitrogen and oxygen atoms in total. The van der Waals surface area contributed by atoms with E-state index in [0.29, 0.717) is 6.04 Å². The van der Waals surface area contributed by atoms with E-state index in [9.17, 15) is 0 Å². The number of nitrogen functional groups attached to an aromatic ring is 1. The van der Waals surface area contributed by atoms with Gasteiger partial charge in [-0.15, -0.1) is 0 Å². The highest BCUT2D eigenvalue weighted by atomic mass is 16.5. The van der Waals surface area contributed by atoms with Crippen molar-refractivity contribution in [1.82, 2.24) is 0 Å². The van der Waals surface area contributed by atoms with Gasteiger partial charge in [0.05, 0.1) is 6.61 Å². The number of hydrogen-bond acceptors (Lipinski definition) is 3. The molecule has 0 spiro atoms. The molecule has 0 amide bonds. The molecule has 0 aliphatic carbocycles. The van der Waals surface area contributed by atoms with E-state index >= 15 is 0 Å². The van der Waals surface area contributed by atoms with E-state index in [-0.39, 0.29) is 0 Å². The second kappa shape index (κ2) is 7.27. The smallest absolute Gasteiger partial charge is 0.0637 e. The maximum absolute atomic E-state index is 6.01. The molecule has 18 heavy (non-hydrogen) atoms. The molecule has 3 heteroatoms. The summed E-state index contributed by atoms with van der Waals surface area (Å²) < 4.78 is 5.23. The lowest BCUT2D eigenvalue weighted by molar-refractivity contribution is 0.202. The molecule has 0 aliphatic rings. The van der Waals surface area contributed by atoms with E-state index in [0.717, 1.165) is 31.7 Å². The lowest BCUT2D eigenvalue weighted by Crippen LogP contribution is -2.37. The Hall–Kier alpha value is -1.22. The summed E-state index contributed by atoms with van der Waals surface area (Å²) in [7, 11) is 1.75. The van der Waals surface area contributed by atoms with Crippen LogP contribution in [0, 0.1) is 6.92 Å². The molecular weight excluding hydrogens is 224 g/mol. The largest absolute Gasteiger partial charge is 0.398 e. The second-order valence-corrected chi connectivity index (χ2v) is 4.65. The summed E-state index contributed by atoms with van der Waals surface area (Å²) in [5.41, 5.74) is 9.28. The molecule has 102 valence electrons. The van der Waals surface area contributed by atoms with Gasteiger partial charge in [-0.05, 0) is 37.5 Å². The Bertz CT molecular complexity index is 362. The van der Waals surface area contributed by atoms with E-state index in [2.05, 4.69) is 31.7 Å². The topological polar surface area (TPSA) is 38.5 Å². The molecule has 1 aromatic rings. The number of hydrogen-bond donors (Lipinski definition) is 1. The van der Waals surface area contributed by atoms with Gasteiger partial charge in [-0.1, -0.05) is 19.9 Å². The van der Waals surface area contributed by atoms with Crippen LogP contribution < -0.4 is 10.6 Å². The van der Waals surface area contributed by atoms with Gasteiger partial charge in [0.1, 0.15) is 0 Å². The Morgan fingerprint density at radius 3 is 2.50 bits per heavy atom. The molecule has 1 aromatic carbocycles. The van der Waals surface area contributed by atoms with E-state index in [1.165, 1.54) is 11.3 Å². The normalized spacial score (nSPS) is 10.9. The first kappa shape index (κ1) is 14.8. The van der Waals surface area contributed by atoms with Crippen LogP contribution in [0.2, 0.25) is 0 Å². The van der Waals surface area contributed by atoms with Crippen molar-refractivity contribution in [1.29, 1.82) is 0 Å². The Kier molecular flexibility index (Phi) is 5.99. The van der Waals surface area contributed by atoms with Crippen molar-refractivity contribution >= 4 is 11.4 Å². The first-order chi connectivity index (χ1) is 8.65. The van der Waals surface area contributed by atoms with Crippen LogP contribution in [0.3, 0.4) is 0 Å². The summed E-state index contributed by atoms with van der Waals surface area (Å²) in [6.07, 6.45) is 2.27. The molecule has 0 atom stereocenters. The van der Waals surface area contributed by atoms with Crippen molar-refractivity contribution in [2.75, 3.05) is 30.9 Å². The quantitative estimate of drug-likeness (QED) is 0.755. The van der Waals surface area contributed by atoms with Crippen molar-refractivity contribution in [2.24, 2.45) is 0 Å². The Morgan fingerprint density at radius 1 is 1.28 bits per heavy atom. The number of anilines is 2. The zero-order valence-corrected chi connectivity index (χ0v) is 12.1. The third kappa shape index (κ3) is 3.39. The molecule has 1 rings (SSSR count). The monoisotopic (exact) mass is 250 g/mol. The summed E-state index contributed by atoms with van der Waals surface area (Å²) in [4.78, 5) is 2.43. The minimum Gasteiger partial charge on any atom is -0.398 e. The van der Waals surface area contributed by atoms with Crippen molar-refractivity contribution in [3.05, 3.63) is 23.8 Å². The van der Waals surface area contributed by atoms with Crippen molar-refractivity contribution < 1.29 is 4.74 Å². The van der Waals surface area contributed by atoms with Gasteiger partial charge in [-0.3, -0.25) is 0 Å². The lowest BCUT2D eigenvalue weighted by Gasteiger charge is -2.34. The zero-order chi connectivity index (χ0) is 13.5. The summed E-state index contributed by atoms with van der Waals surface area (Å²) in [6, 6.07) is 6.68. The predicted octanol–water partition coefficient (Wildman–Crippen LogP) is 3.22. The van der Waals surface area contributed by atoms with E-state index in [4.69, 9.17) is 10.5 Å². The summed E-state index contributed by atoms with van der Waals surface area (Å²) in [6.45, 7) is 8.20. The van der Waals surface area contributed by atoms with Crippen LogP contribution in [0.1, 0.15) is 32.3 Å². The number of benzene rings is 1. The highest BCUT2D eigenvalue weighted by molar-refractivity contribution is 5.64. The number of methoxy groups -OCH3 is 1. The highest BCUT2D eigenvalue weighted by Gasteiger charge is 2.17.